The van der Waals surface area contributed by atoms with Gasteiger partial charge in [0, 0.05) is 29.1 Å². The van der Waals surface area contributed by atoms with E-state index in [-0.39, 0.29) is 17.2 Å². The van der Waals surface area contributed by atoms with Crippen LogP contribution in [0.4, 0.5) is 22.7 Å². The molecule has 8 heteroatoms. The smallest absolute Gasteiger partial charge is 0.270 e. The first-order chi connectivity index (χ1) is 14.0. The van der Waals surface area contributed by atoms with Crippen LogP contribution in [0.2, 0.25) is 0 Å². The quantitative estimate of drug-likeness (QED) is 0.475. The monoisotopic (exact) mass is 388 g/mol. The van der Waals surface area contributed by atoms with E-state index in [1.807, 2.05) is 6.07 Å². The molecule has 0 radical (unpaired) electrons. The first-order valence-corrected chi connectivity index (χ1v) is 8.51. The Morgan fingerprint density at radius 3 is 2.28 bits per heavy atom. The molecule has 0 aliphatic rings. The lowest BCUT2D eigenvalue weighted by Gasteiger charge is -2.10. The van der Waals surface area contributed by atoms with E-state index in [2.05, 4.69) is 10.6 Å². The molecule has 0 unspecified atom stereocenters. The zero-order valence-corrected chi connectivity index (χ0v) is 15.4. The Kier molecular flexibility index (Phi) is 5.71. The number of non-ortho nitro benzene ring substituents is 1. The average Bonchev–Trinajstić information content (AvgIpc) is 2.75. The number of nitrogens with one attached hydrogen (secondary N) is 2. The second kappa shape index (κ2) is 8.54. The number of hydrogen-bond donors (Lipinski definition) is 2. The Morgan fingerprint density at radius 1 is 1.03 bits per heavy atom. The molecule has 2 N–H and O–H groups in total. The van der Waals surface area contributed by atoms with Crippen molar-refractivity contribution in [2.45, 2.75) is 0 Å². The van der Waals surface area contributed by atoms with E-state index in [4.69, 9.17) is 4.74 Å². The number of rotatable bonds is 6. The summed E-state index contributed by atoms with van der Waals surface area (Å²) < 4.78 is 5.08. The average molecular weight is 388 g/mol. The molecule has 3 rings (SSSR count). The second-order valence-corrected chi connectivity index (χ2v) is 5.98. The number of methoxy groups -OCH3 is 1. The SMILES string of the molecule is COc1ccc(NC(=O)c2ccc(Nc3ccc([N+](=O)[O-])cc3C#N)cc2)cc1. The van der Waals surface area contributed by atoms with Crippen LogP contribution in [0.25, 0.3) is 0 Å². The van der Waals surface area contributed by atoms with Crippen molar-refractivity contribution in [3.05, 3.63) is 88.0 Å². The molecule has 144 valence electrons. The highest BCUT2D eigenvalue weighted by atomic mass is 16.6. The topological polar surface area (TPSA) is 117 Å². The third-order valence-corrected chi connectivity index (χ3v) is 4.11. The van der Waals surface area contributed by atoms with E-state index in [0.717, 1.165) is 0 Å². The lowest BCUT2D eigenvalue weighted by molar-refractivity contribution is -0.384. The summed E-state index contributed by atoms with van der Waals surface area (Å²) in [6.45, 7) is 0. The van der Waals surface area contributed by atoms with Crippen molar-refractivity contribution >= 4 is 28.7 Å². The van der Waals surface area contributed by atoms with Gasteiger partial charge >= 0.3 is 0 Å². The molecule has 0 fully saturated rings. The highest BCUT2D eigenvalue weighted by Gasteiger charge is 2.11. The molecule has 29 heavy (non-hydrogen) atoms. The molecular formula is C21H16N4O4. The van der Waals surface area contributed by atoms with E-state index in [1.54, 1.807) is 55.6 Å². The van der Waals surface area contributed by atoms with Crippen LogP contribution in [-0.2, 0) is 0 Å². The van der Waals surface area contributed by atoms with Gasteiger partial charge in [0.2, 0.25) is 0 Å². The summed E-state index contributed by atoms with van der Waals surface area (Å²) in [7, 11) is 1.57. The summed E-state index contributed by atoms with van der Waals surface area (Å²) in [5, 5.41) is 25.9. The largest absolute Gasteiger partial charge is 0.497 e. The third-order valence-electron chi connectivity index (χ3n) is 4.11. The number of nitrogens with zero attached hydrogens (tertiary/aromatic N) is 2. The molecule has 3 aromatic rings. The van der Waals surface area contributed by atoms with Crippen LogP contribution in [0.1, 0.15) is 15.9 Å². The van der Waals surface area contributed by atoms with Gasteiger partial charge in [-0.25, -0.2) is 0 Å². The van der Waals surface area contributed by atoms with Crippen LogP contribution < -0.4 is 15.4 Å². The van der Waals surface area contributed by atoms with Gasteiger partial charge in [0.1, 0.15) is 11.8 Å². The number of hydrogen-bond acceptors (Lipinski definition) is 6. The van der Waals surface area contributed by atoms with E-state index in [9.17, 15) is 20.2 Å². The predicted octanol–water partition coefficient (Wildman–Crippen LogP) is 4.47. The maximum Gasteiger partial charge on any atom is 0.270 e. The summed E-state index contributed by atoms with van der Waals surface area (Å²) in [4.78, 5) is 22.7. The van der Waals surface area contributed by atoms with E-state index < -0.39 is 4.92 Å². The number of amides is 1. The van der Waals surface area contributed by atoms with Gasteiger partial charge in [-0.15, -0.1) is 0 Å². The molecule has 0 aliphatic heterocycles. The van der Waals surface area contributed by atoms with Gasteiger partial charge < -0.3 is 15.4 Å². The second-order valence-electron chi connectivity index (χ2n) is 5.98. The molecule has 0 spiro atoms. The van der Waals surface area contributed by atoms with Crippen molar-refractivity contribution in [1.29, 1.82) is 5.26 Å². The van der Waals surface area contributed by atoms with E-state index >= 15 is 0 Å². The molecule has 0 saturated carbocycles. The number of nitro benzene ring substituents is 1. The zero-order valence-electron chi connectivity index (χ0n) is 15.4. The van der Waals surface area contributed by atoms with Crippen molar-refractivity contribution in [2.24, 2.45) is 0 Å². The van der Waals surface area contributed by atoms with Gasteiger partial charge in [-0.05, 0) is 54.6 Å². The molecule has 0 heterocycles. The summed E-state index contributed by atoms with van der Waals surface area (Å²) in [5.74, 6) is 0.427. The number of benzene rings is 3. The standard InChI is InChI=1S/C21H16N4O4/c1-29-19-9-6-17(7-10-19)24-21(26)14-2-4-16(5-3-14)23-20-11-8-18(25(27)28)12-15(20)13-22/h2-12,23H,1H3,(H,24,26). The fourth-order valence-electron chi connectivity index (χ4n) is 2.59. The fraction of sp³-hybridized carbons (Fsp3) is 0.0476. The van der Waals surface area contributed by atoms with Crippen LogP contribution in [0.3, 0.4) is 0 Å². The summed E-state index contributed by atoms with van der Waals surface area (Å²) in [6.07, 6.45) is 0. The molecule has 0 aliphatic carbocycles. The molecule has 3 aromatic carbocycles. The lowest BCUT2D eigenvalue weighted by atomic mass is 10.1. The molecule has 0 bridgehead atoms. The van der Waals surface area contributed by atoms with Crippen LogP contribution in [0, 0.1) is 21.4 Å². The van der Waals surface area contributed by atoms with Gasteiger partial charge in [0.25, 0.3) is 11.6 Å². The first-order valence-electron chi connectivity index (χ1n) is 8.51. The van der Waals surface area contributed by atoms with Gasteiger partial charge in [-0.2, -0.15) is 5.26 Å². The van der Waals surface area contributed by atoms with E-state index in [0.29, 0.717) is 28.4 Å². The van der Waals surface area contributed by atoms with Crippen molar-refractivity contribution < 1.29 is 14.5 Å². The van der Waals surface area contributed by atoms with Crippen LogP contribution >= 0.6 is 0 Å². The van der Waals surface area contributed by atoms with Gasteiger partial charge in [-0.3, -0.25) is 14.9 Å². The third kappa shape index (κ3) is 4.67. The summed E-state index contributed by atoms with van der Waals surface area (Å²) in [5.41, 5.74) is 2.17. The number of nitro groups is 1. The molecule has 0 saturated heterocycles. The van der Waals surface area contributed by atoms with Crippen LogP contribution in [0.5, 0.6) is 5.75 Å². The lowest BCUT2D eigenvalue weighted by Crippen LogP contribution is -2.11. The Hall–Kier alpha value is -4.38. The van der Waals surface area contributed by atoms with Crippen molar-refractivity contribution in [2.75, 3.05) is 17.7 Å². The van der Waals surface area contributed by atoms with Crippen molar-refractivity contribution in [3.8, 4) is 11.8 Å². The van der Waals surface area contributed by atoms with Crippen LogP contribution in [-0.4, -0.2) is 17.9 Å². The normalized spacial score (nSPS) is 9.93. The van der Waals surface area contributed by atoms with Gasteiger partial charge in [-0.1, -0.05) is 0 Å². The molecule has 1 amide bonds. The number of carbonyl (C=O) groups is 1. The number of ether oxygens (including phenoxy) is 1. The predicted molar refractivity (Wildman–Crippen MR) is 108 cm³/mol. The molecule has 0 atom stereocenters. The fourth-order valence-corrected chi connectivity index (χ4v) is 2.59. The Labute approximate surface area is 166 Å². The number of nitriles is 1. The van der Waals surface area contributed by atoms with Crippen molar-refractivity contribution in [1.82, 2.24) is 0 Å². The van der Waals surface area contributed by atoms with Crippen LogP contribution in [0.15, 0.2) is 66.7 Å². The summed E-state index contributed by atoms with van der Waals surface area (Å²) >= 11 is 0. The number of carbonyl (C=O) groups excluding carboxylic acids is 1. The highest BCUT2D eigenvalue weighted by Crippen LogP contribution is 2.25. The maximum absolute atomic E-state index is 12.4. The Morgan fingerprint density at radius 2 is 1.69 bits per heavy atom. The minimum atomic E-state index is -0.555. The minimum absolute atomic E-state index is 0.153. The Bertz CT molecular complexity index is 1090. The molecule has 8 nitrogen and oxygen atoms in total. The maximum atomic E-state index is 12.4. The number of anilines is 3. The van der Waals surface area contributed by atoms with E-state index in [1.165, 1.54) is 18.2 Å². The van der Waals surface area contributed by atoms with Gasteiger partial charge in [0.15, 0.2) is 0 Å². The minimum Gasteiger partial charge on any atom is -0.497 e. The first kappa shape index (κ1) is 19.4. The molecular weight excluding hydrogens is 372 g/mol. The highest BCUT2D eigenvalue weighted by molar-refractivity contribution is 6.04. The zero-order chi connectivity index (χ0) is 20.8. The summed E-state index contributed by atoms with van der Waals surface area (Å²) in [6, 6.07) is 19.6. The molecule has 0 aromatic heterocycles. The van der Waals surface area contributed by atoms with Gasteiger partial charge in [0.05, 0.1) is 23.3 Å². The van der Waals surface area contributed by atoms with Crippen molar-refractivity contribution in [3.63, 3.8) is 0 Å². The Balaban J connectivity index is 1.70.